The first kappa shape index (κ1) is 8.23. The van der Waals surface area contributed by atoms with Crippen LogP contribution in [-0.2, 0) is 4.79 Å². The minimum Gasteiger partial charge on any atom is -0.426 e. The Kier molecular flexibility index (Phi) is 2.26. The van der Waals surface area contributed by atoms with E-state index in [2.05, 4.69) is 0 Å². The van der Waals surface area contributed by atoms with Crippen molar-refractivity contribution in [1.29, 1.82) is 0 Å². The minimum atomic E-state index is -1.61. The lowest BCUT2D eigenvalue weighted by molar-refractivity contribution is -0.109. The van der Waals surface area contributed by atoms with Crippen molar-refractivity contribution in [2.24, 2.45) is 0 Å². The molecular weight excluding hydrogens is 143 g/mol. The summed E-state index contributed by atoms with van der Waals surface area (Å²) in [6, 6.07) is 0. The molecule has 0 amide bonds. The van der Waals surface area contributed by atoms with Gasteiger partial charge in [0.1, 0.15) is 6.29 Å². The van der Waals surface area contributed by atoms with Gasteiger partial charge in [-0.2, -0.15) is 0 Å². The number of rotatable bonds is 2. The quantitative estimate of drug-likeness (QED) is 0.429. The molecule has 1 aliphatic rings. The molecule has 0 aromatic carbocycles. The second kappa shape index (κ2) is 3.03. The second-order valence-corrected chi connectivity index (χ2v) is 2.60. The fourth-order valence-corrected chi connectivity index (χ4v) is 0.993. The molecule has 1 rings (SSSR count). The molecule has 0 fully saturated rings. The van der Waals surface area contributed by atoms with Gasteiger partial charge in [-0.1, -0.05) is 24.3 Å². The molecule has 11 heavy (non-hydrogen) atoms. The zero-order valence-electron chi connectivity index (χ0n) is 5.97. The monoisotopic (exact) mass is 152 g/mol. The van der Waals surface area contributed by atoms with Crippen LogP contribution in [0.1, 0.15) is 6.42 Å². The predicted molar refractivity (Wildman–Crippen MR) is 41.8 cm³/mol. The van der Waals surface area contributed by atoms with Gasteiger partial charge in [0.05, 0.1) is 5.31 Å². The molecule has 58 valence electrons. The van der Waals surface area contributed by atoms with Gasteiger partial charge in [-0.05, 0) is 6.42 Å². The van der Waals surface area contributed by atoms with Gasteiger partial charge in [0.2, 0.25) is 0 Å². The van der Waals surface area contributed by atoms with Gasteiger partial charge in [0, 0.05) is 0 Å². The van der Waals surface area contributed by atoms with Crippen molar-refractivity contribution in [1.82, 2.24) is 0 Å². The predicted octanol–water partition coefficient (Wildman–Crippen LogP) is -0.0854. The Labute approximate surface area is 65.2 Å². The number of hydrogen-bond donors (Lipinski definition) is 2. The summed E-state index contributed by atoms with van der Waals surface area (Å²) in [4.78, 5) is 10.5. The first-order valence-electron chi connectivity index (χ1n) is 3.38. The van der Waals surface area contributed by atoms with Crippen molar-refractivity contribution >= 4 is 13.4 Å². The van der Waals surface area contributed by atoms with Gasteiger partial charge in [-0.25, -0.2) is 0 Å². The maximum absolute atomic E-state index is 10.5. The van der Waals surface area contributed by atoms with Gasteiger partial charge in [-0.15, -0.1) is 0 Å². The summed E-state index contributed by atoms with van der Waals surface area (Å²) in [5.41, 5.74) is 0. The lowest BCUT2D eigenvalue weighted by atomic mass is 9.56. The van der Waals surface area contributed by atoms with E-state index in [9.17, 15) is 4.79 Å². The van der Waals surface area contributed by atoms with E-state index in [0.717, 1.165) is 0 Å². The summed E-state index contributed by atoms with van der Waals surface area (Å²) in [5, 5.41) is 16.6. The van der Waals surface area contributed by atoms with Crippen LogP contribution in [0.4, 0.5) is 0 Å². The van der Waals surface area contributed by atoms with Gasteiger partial charge in [0.25, 0.3) is 0 Å². The van der Waals surface area contributed by atoms with Crippen LogP contribution in [0.25, 0.3) is 0 Å². The van der Waals surface area contributed by atoms with E-state index >= 15 is 0 Å². The number of allylic oxidation sites excluding steroid dienone is 4. The van der Waals surface area contributed by atoms with Crippen LogP contribution in [0.2, 0.25) is 5.31 Å². The largest absolute Gasteiger partial charge is 0.470 e. The van der Waals surface area contributed by atoms with Gasteiger partial charge >= 0.3 is 7.12 Å². The van der Waals surface area contributed by atoms with E-state index in [1.165, 1.54) is 6.08 Å². The zero-order chi connectivity index (χ0) is 8.32. The highest BCUT2D eigenvalue weighted by atomic mass is 16.4. The number of hydrogen-bond acceptors (Lipinski definition) is 3. The minimum absolute atomic E-state index is 0.352. The smallest absolute Gasteiger partial charge is 0.426 e. The first-order chi connectivity index (χ1) is 5.21. The van der Waals surface area contributed by atoms with Gasteiger partial charge in [-0.3, -0.25) is 0 Å². The number of aldehydes is 1. The van der Waals surface area contributed by atoms with Crippen LogP contribution in [-0.4, -0.2) is 23.5 Å². The fourth-order valence-electron chi connectivity index (χ4n) is 0.993. The summed E-state index contributed by atoms with van der Waals surface area (Å²) in [6.45, 7) is 0. The van der Waals surface area contributed by atoms with Crippen LogP contribution in [0.3, 0.4) is 0 Å². The van der Waals surface area contributed by atoms with Crippen LogP contribution < -0.4 is 0 Å². The average molecular weight is 152 g/mol. The molecule has 0 saturated heterocycles. The average Bonchev–Trinajstić information content (AvgIpc) is 2.05. The Morgan fingerprint density at radius 1 is 1.45 bits per heavy atom. The third kappa shape index (κ3) is 1.41. The highest BCUT2D eigenvalue weighted by Crippen LogP contribution is 2.33. The summed E-state index contributed by atoms with van der Waals surface area (Å²) < 4.78 is 0. The molecule has 3 nitrogen and oxygen atoms in total. The van der Waals surface area contributed by atoms with Crippen molar-refractivity contribution in [3.05, 3.63) is 24.3 Å². The maximum atomic E-state index is 10.5. The third-order valence-corrected chi connectivity index (χ3v) is 1.83. The Balaban J connectivity index is 2.85. The van der Waals surface area contributed by atoms with Crippen molar-refractivity contribution in [3.8, 4) is 0 Å². The van der Waals surface area contributed by atoms with Crippen molar-refractivity contribution in [2.45, 2.75) is 11.7 Å². The molecule has 0 aromatic heterocycles. The third-order valence-electron chi connectivity index (χ3n) is 1.83. The molecular formula is C7H9BO3. The summed E-state index contributed by atoms with van der Waals surface area (Å²) in [7, 11) is -1.61. The molecule has 0 aliphatic heterocycles. The standard InChI is InChI=1S/C7H9BO3/c9-6-7(8(10)11)4-2-1-3-5-7/h1-4,6,10-11H,5H2. The normalized spacial score (nSPS) is 28.5. The molecule has 0 heterocycles. The van der Waals surface area contributed by atoms with E-state index in [4.69, 9.17) is 10.0 Å². The van der Waals surface area contributed by atoms with Crippen molar-refractivity contribution in [3.63, 3.8) is 0 Å². The molecule has 0 bridgehead atoms. The van der Waals surface area contributed by atoms with Crippen LogP contribution in [0, 0.1) is 0 Å². The van der Waals surface area contributed by atoms with Gasteiger partial charge in [0.15, 0.2) is 0 Å². The second-order valence-electron chi connectivity index (χ2n) is 2.60. The number of carbonyl (C=O) groups is 1. The Hall–Kier alpha value is -0.865. The first-order valence-corrected chi connectivity index (χ1v) is 3.38. The van der Waals surface area contributed by atoms with E-state index in [1.807, 2.05) is 0 Å². The molecule has 4 heteroatoms. The summed E-state index contributed by atoms with van der Waals surface area (Å²) >= 11 is 0. The van der Waals surface area contributed by atoms with Crippen molar-refractivity contribution in [2.75, 3.05) is 0 Å². The molecule has 0 radical (unpaired) electrons. The maximum Gasteiger partial charge on any atom is 0.470 e. The van der Waals surface area contributed by atoms with E-state index in [-0.39, 0.29) is 0 Å². The molecule has 1 unspecified atom stereocenters. The Morgan fingerprint density at radius 2 is 2.18 bits per heavy atom. The highest BCUT2D eigenvalue weighted by Gasteiger charge is 2.39. The summed E-state index contributed by atoms with van der Waals surface area (Å²) in [5.74, 6) is 0. The lowest BCUT2D eigenvalue weighted by Gasteiger charge is -2.22. The van der Waals surface area contributed by atoms with Gasteiger partial charge < -0.3 is 14.8 Å². The summed E-state index contributed by atoms with van der Waals surface area (Å²) in [6.07, 6.45) is 7.56. The molecule has 1 aliphatic carbocycles. The molecule has 2 N–H and O–H groups in total. The topological polar surface area (TPSA) is 57.5 Å². The SMILES string of the molecule is O=CC1(B(O)O)C=CC=CC1. The van der Waals surface area contributed by atoms with Crippen LogP contribution >= 0.6 is 0 Å². The zero-order valence-corrected chi connectivity index (χ0v) is 5.97. The molecule has 0 saturated carbocycles. The van der Waals surface area contributed by atoms with E-state index < -0.39 is 12.4 Å². The number of carbonyl (C=O) groups excluding carboxylic acids is 1. The molecule has 1 atom stereocenters. The fraction of sp³-hybridized carbons (Fsp3) is 0.286. The Morgan fingerprint density at radius 3 is 2.45 bits per heavy atom. The lowest BCUT2D eigenvalue weighted by Crippen LogP contribution is -2.33. The molecule has 0 aromatic rings. The van der Waals surface area contributed by atoms with E-state index in [1.54, 1.807) is 18.2 Å². The highest BCUT2D eigenvalue weighted by molar-refractivity contribution is 6.51. The van der Waals surface area contributed by atoms with E-state index in [0.29, 0.717) is 12.7 Å². The van der Waals surface area contributed by atoms with Crippen LogP contribution in [0.15, 0.2) is 24.3 Å². The molecule has 0 spiro atoms. The Bertz CT molecular complexity index is 210. The van der Waals surface area contributed by atoms with Crippen LogP contribution in [0.5, 0.6) is 0 Å². The van der Waals surface area contributed by atoms with Crippen molar-refractivity contribution < 1.29 is 14.8 Å².